The molecule has 1 fully saturated rings. The van der Waals surface area contributed by atoms with Crippen LogP contribution >= 0.6 is 15.9 Å². The minimum Gasteiger partial charge on any atom is -0.465 e. The largest absolute Gasteiger partial charge is 0.465 e. The van der Waals surface area contributed by atoms with E-state index in [0.717, 1.165) is 11.0 Å². The van der Waals surface area contributed by atoms with E-state index in [1.165, 1.54) is 45.0 Å². The standard InChI is InChI=1S/C14H18BrNO2/c1-18-14(17)12-6-5-11(9-13(12)15)10-16-7-3-2-4-8-16/h5-6,9H,2-4,7-8,10H2,1H3. The molecule has 2 rings (SSSR count). The summed E-state index contributed by atoms with van der Waals surface area (Å²) in [6.45, 7) is 3.31. The van der Waals surface area contributed by atoms with Crippen molar-refractivity contribution in [1.29, 1.82) is 0 Å². The zero-order valence-electron chi connectivity index (χ0n) is 10.6. The van der Waals surface area contributed by atoms with Gasteiger partial charge in [-0.2, -0.15) is 0 Å². The molecule has 0 bridgehead atoms. The van der Waals surface area contributed by atoms with Gasteiger partial charge in [0.2, 0.25) is 0 Å². The Bertz CT molecular complexity index is 428. The lowest BCUT2D eigenvalue weighted by Crippen LogP contribution is -2.29. The summed E-state index contributed by atoms with van der Waals surface area (Å²) in [5.74, 6) is -0.300. The first-order chi connectivity index (χ1) is 8.70. The Kier molecular flexibility index (Phi) is 4.78. The highest BCUT2D eigenvalue weighted by Gasteiger charge is 2.13. The summed E-state index contributed by atoms with van der Waals surface area (Å²) in [4.78, 5) is 13.9. The smallest absolute Gasteiger partial charge is 0.338 e. The van der Waals surface area contributed by atoms with Crippen LogP contribution in [0.4, 0.5) is 0 Å². The van der Waals surface area contributed by atoms with Gasteiger partial charge in [0.25, 0.3) is 0 Å². The maximum Gasteiger partial charge on any atom is 0.338 e. The van der Waals surface area contributed by atoms with E-state index < -0.39 is 0 Å². The lowest BCUT2D eigenvalue weighted by molar-refractivity contribution is 0.0599. The Morgan fingerprint density at radius 2 is 2.06 bits per heavy atom. The van der Waals surface area contributed by atoms with Gasteiger partial charge >= 0.3 is 5.97 Å². The number of likely N-dealkylation sites (tertiary alicyclic amines) is 1. The number of rotatable bonds is 3. The van der Waals surface area contributed by atoms with Gasteiger partial charge in [0, 0.05) is 11.0 Å². The highest BCUT2D eigenvalue weighted by atomic mass is 79.9. The van der Waals surface area contributed by atoms with Crippen LogP contribution in [-0.2, 0) is 11.3 Å². The molecule has 0 aliphatic carbocycles. The molecular formula is C14H18BrNO2. The molecule has 0 unspecified atom stereocenters. The summed E-state index contributed by atoms with van der Waals surface area (Å²) in [7, 11) is 1.40. The van der Waals surface area contributed by atoms with Crippen molar-refractivity contribution < 1.29 is 9.53 Å². The number of carbonyl (C=O) groups is 1. The number of halogens is 1. The lowest BCUT2D eigenvalue weighted by atomic mass is 10.1. The first kappa shape index (κ1) is 13.6. The Morgan fingerprint density at radius 1 is 1.33 bits per heavy atom. The molecule has 1 aliphatic rings. The summed E-state index contributed by atoms with van der Waals surface area (Å²) >= 11 is 3.43. The molecule has 18 heavy (non-hydrogen) atoms. The second kappa shape index (κ2) is 6.34. The molecule has 0 saturated carbocycles. The van der Waals surface area contributed by atoms with Crippen molar-refractivity contribution in [2.24, 2.45) is 0 Å². The fraction of sp³-hybridized carbons (Fsp3) is 0.500. The molecule has 0 atom stereocenters. The predicted molar refractivity (Wildman–Crippen MR) is 74.6 cm³/mol. The van der Waals surface area contributed by atoms with Gasteiger partial charge in [-0.25, -0.2) is 4.79 Å². The van der Waals surface area contributed by atoms with Crippen LogP contribution in [-0.4, -0.2) is 31.1 Å². The van der Waals surface area contributed by atoms with Crippen molar-refractivity contribution in [3.05, 3.63) is 33.8 Å². The first-order valence-corrected chi connectivity index (χ1v) is 7.09. The molecule has 0 aromatic heterocycles. The van der Waals surface area contributed by atoms with E-state index in [0.29, 0.717) is 5.56 Å². The Balaban J connectivity index is 2.06. The van der Waals surface area contributed by atoms with Crippen molar-refractivity contribution in [3.8, 4) is 0 Å². The predicted octanol–water partition coefficient (Wildman–Crippen LogP) is 3.22. The number of carbonyl (C=O) groups excluding carboxylic acids is 1. The Labute approximate surface area is 116 Å². The van der Waals surface area contributed by atoms with Crippen LogP contribution in [0, 0.1) is 0 Å². The van der Waals surface area contributed by atoms with Crippen LogP contribution in [0.1, 0.15) is 35.2 Å². The molecule has 4 heteroatoms. The van der Waals surface area contributed by atoms with E-state index in [1.54, 1.807) is 0 Å². The third-order valence-corrected chi connectivity index (χ3v) is 3.95. The fourth-order valence-corrected chi connectivity index (χ4v) is 2.90. The molecule has 1 heterocycles. The molecule has 98 valence electrons. The maximum atomic E-state index is 11.5. The number of nitrogens with zero attached hydrogens (tertiary/aromatic N) is 1. The van der Waals surface area contributed by atoms with Gasteiger partial charge in [-0.3, -0.25) is 4.90 Å². The van der Waals surface area contributed by atoms with Gasteiger partial charge in [-0.15, -0.1) is 0 Å². The van der Waals surface area contributed by atoms with Crippen molar-refractivity contribution in [1.82, 2.24) is 4.90 Å². The second-order valence-corrected chi connectivity index (χ2v) is 5.50. The summed E-state index contributed by atoms with van der Waals surface area (Å²) < 4.78 is 5.54. The van der Waals surface area contributed by atoms with Gasteiger partial charge in [0.15, 0.2) is 0 Å². The van der Waals surface area contributed by atoms with Gasteiger partial charge in [0.05, 0.1) is 12.7 Å². The molecule has 1 aliphatic heterocycles. The number of piperidine rings is 1. The minimum atomic E-state index is -0.300. The Hall–Kier alpha value is -0.870. The van der Waals surface area contributed by atoms with Crippen molar-refractivity contribution in [2.75, 3.05) is 20.2 Å². The van der Waals surface area contributed by atoms with Crippen molar-refractivity contribution in [3.63, 3.8) is 0 Å². The number of benzene rings is 1. The molecule has 0 N–H and O–H groups in total. The van der Waals surface area contributed by atoms with Crippen molar-refractivity contribution >= 4 is 21.9 Å². The first-order valence-electron chi connectivity index (χ1n) is 6.30. The topological polar surface area (TPSA) is 29.5 Å². The molecule has 1 aromatic rings. The maximum absolute atomic E-state index is 11.5. The van der Waals surface area contributed by atoms with Crippen LogP contribution in [0.3, 0.4) is 0 Å². The Morgan fingerprint density at radius 3 is 2.67 bits per heavy atom. The van der Waals surface area contributed by atoms with Gasteiger partial charge in [0.1, 0.15) is 0 Å². The average molecular weight is 312 g/mol. The van der Waals surface area contributed by atoms with Crippen molar-refractivity contribution in [2.45, 2.75) is 25.8 Å². The average Bonchev–Trinajstić information content (AvgIpc) is 2.39. The van der Waals surface area contributed by atoms with Crippen LogP contribution in [0.5, 0.6) is 0 Å². The molecule has 3 nitrogen and oxygen atoms in total. The van der Waals surface area contributed by atoms with E-state index in [4.69, 9.17) is 4.74 Å². The zero-order chi connectivity index (χ0) is 13.0. The highest BCUT2D eigenvalue weighted by molar-refractivity contribution is 9.10. The monoisotopic (exact) mass is 311 g/mol. The number of esters is 1. The number of hydrogen-bond acceptors (Lipinski definition) is 3. The van der Waals surface area contributed by atoms with Crippen LogP contribution in [0.25, 0.3) is 0 Å². The van der Waals surface area contributed by atoms with Gasteiger partial charge < -0.3 is 4.74 Å². The lowest BCUT2D eigenvalue weighted by Gasteiger charge is -2.26. The summed E-state index contributed by atoms with van der Waals surface area (Å²) in [5, 5.41) is 0. The second-order valence-electron chi connectivity index (χ2n) is 4.64. The molecule has 1 aromatic carbocycles. The van der Waals surface area contributed by atoms with Crippen LogP contribution in [0.2, 0.25) is 0 Å². The summed E-state index contributed by atoms with van der Waals surface area (Å²) in [6, 6.07) is 5.85. The molecule has 0 radical (unpaired) electrons. The third kappa shape index (κ3) is 3.33. The number of methoxy groups -OCH3 is 1. The summed E-state index contributed by atoms with van der Waals surface area (Å²) in [6.07, 6.45) is 3.93. The van der Waals surface area contributed by atoms with E-state index in [2.05, 4.69) is 20.8 Å². The quantitative estimate of drug-likeness (QED) is 0.803. The summed E-state index contributed by atoms with van der Waals surface area (Å²) in [5.41, 5.74) is 1.82. The van der Waals surface area contributed by atoms with Crippen LogP contribution in [0.15, 0.2) is 22.7 Å². The van der Waals surface area contributed by atoms with E-state index >= 15 is 0 Å². The third-order valence-electron chi connectivity index (χ3n) is 3.29. The number of hydrogen-bond donors (Lipinski definition) is 0. The van der Waals surface area contributed by atoms with E-state index in [9.17, 15) is 4.79 Å². The normalized spacial score (nSPS) is 16.6. The molecule has 0 spiro atoms. The minimum absolute atomic E-state index is 0.300. The number of ether oxygens (including phenoxy) is 1. The molecular weight excluding hydrogens is 294 g/mol. The van der Waals surface area contributed by atoms with Gasteiger partial charge in [-0.05, 0) is 59.6 Å². The van der Waals surface area contributed by atoms with E-state index in [1.807, 2.05) is 18.2 Å². The molecule has 0 amide bonds. The molecule has 1 saturated heterocycles. The SMILES string of the molecule is COC(=O)c1ccc(CN2CCCCC2)cc1Br. The van der Waals surface area contributed by atoms with Gasteiger partial charge in [-0.1, -0.05) is 12.5 Å². The van der Waals surface area contributed by atoms with E-state index in [-0.39, 0.29) is 5.97 Å². The van der Waals surface area contributed by atoms with Crippen LogP contribution < -0.4 is 0 Å². The zero-order valence-corrected chi connectivity index (χ0v) is 12.2. The highest BCUT2D eigenvalue weighted by Crippen LogP contribution is 2.21. The fourth-order valence-electron chi connectivity index (χ4n) is 2.31.